The van der Waals surface area contributed by atoms with Gasteiger partial charge in [0.1, 0.15) is 5.75 Å². The first kappa shape index (κ1) is 27.7. The number of benzene rings is 4. The molecule has 4 aromatic rings. The van der Waals surface area contributed by atoms with Crippen molar-refractivity contribution < 1.29 is 9.84 Å². The second-order valence-electron chi connectivity index (χ2n) is 10.5. The van der Waals surface area contributed by atoms with E-state index in [1.807, 2.05) is 24.3 Å². The van der Waals surface area contributed by atoms with Crippen LogP contribution in [0.1, 0.15) is 55.0 Å². The lowest BCUT2D eigenvalue weighted by molar-refractivity contribution is 0.00694. The Labute approximate surface area is 237 Å². The lowest BCUT2D eigenvalue weighted by atomic mass is 9.93. The van der Waals surface area contributed by atoms with Crippen LogP contribution in [0.5, 0.6) is 5.75 Å². The number of unbranched alkanes of at least 4 members (excludes halogenated alkanes) is 1. The summed E-state index contributed by atoms with van der Waals surface area (Å²) in [4.78, 5) is 5.10. The van der Waals surface area contributed by atoms with Crippen LogP contribution in [0.3, 0.4) is 0 Å². The SMILES string of the molecule is CCCC[C@@H]([C@H](O)c1ccc2c(Cl)c(OC)ccc2c1)N1CCN(C(c2ccccc2)c2ccccc2)CC1. The van der Waals surface area contributed by atoms with Gasteiger partial charge in [0.15, 0.2) is 0 Å². The molecular weight excluding hydrogens is 504 g/mol. The summed E-state index contributed by atoms with van der Waals surface area (Å²) >= 11 is 6.55. The standard InChI is InChI=1S/C34H39ClN2O2/c1-3-4-15-30(34(38)28-16-18-29-27(24-28)17-19-31(39-2)32(29)35)36-20-22-37(23-21-36)33(25-11-7-5-8-12-25)26-13-9-6-10-14-26/h5-14,16-19,24,30,33-34,38H,3-4,15,20-23H2,1-2H3/t30-,34+/m0/s1. The van der Waals surface area contributed by atoms with Crippen molar-refractivity contribution >= 4 is 22.4 Å². The topological polar surface area (TPSA) is 35.9 Å². The average Bonchev–Trinajstić information content (AvgIpc) is 2.99. The third-order valence-electron chi connectivity index (χ3n) is 8.14. The van der Waals surface area contributed by atoms with Gasteiger partial charge >= 0.3 is 0 Å². The zero-order valence-corrected chi connectivity index (χ0v) is 23.7. The van der Waals surface area contributed by atoms with Crippen molar-refractivity contribution in [3.05, 3.63) is 113 Å². The van der Waals surface area contributed by atoms with Crippen molar-refractivity contribution in [3.63, 3.8) is 0 Å². The van der Waals surface area contributed by atoms with Gasteiger partial charge in [0.05, 0.1) is 24.3 Å². The first-order chi connectivity index (χ1) is 19.1. The molecule has 0 radical (unpaired) electrons. The molecule has 0 bridgehead atoms. The number of aliphatic hydroxyl groups excluding tert-OH is 1. The Morgan fingerprint density at radius 3 is 2.00 bits per heavy atom. The molecule has 0 unspecified atom stereocenters. The van der Waals surface area contributed by atoms with Crippen LogP contribution in [0.4, 0.5) is 0 Å². The Morgan fingerprint density at radius 1 is 0.795 bits per heavy atom. The molecule has 39 heavy (non-hydrogen) atoms. The van der Waals surface area contributed by atoms with E-state index in [0.29, 0.717) is 10.8 Å². The number of aliphatic hydroxyl groups is 1. The van der Waals surface area contributed by atoms with Gasteiger partial charge in [0.25, 0.3) is 0 Å². The lowest BCUT2D eigenvalue weighted by Crippen LogP contribution is -2.52. The zero-order valence-electron chi connectivity index (χ0n) is 23.0. The van der Waals surface area contributed by atoms with E-state index in [1.165, 1.54) is 11.1 Å². The Balaban J connectivity index is 1.35. The zero-order chi connectivity index (χ0) is 27.2. The number of rotatable bonds is 10. The molecule has 2 atom stereocenters. The maximum absolute atomic E-state index is 11.7. The summed E-state index contributed by atoms with van der Waals surface area (Å²) in [6, 6.07) is 32.0. The Kier molecular flexibility index (Phi) is 9.21. The fraction of sp³-hybridized carbons (Fsp3) is 0.353. The van der Waals surface area contributed by atoms with Crippen LogP contribution >= 0.6 is 11.6 Å². The number of nitrogens with zero attached hydrogens (tertiary/aromatic N) is 2. The number of piperazine rings is 1. The summed E-state index contributed by atoms with van der Waals surface area (Å²) in [5.41, 5.74) is 3.59. The van der Waals surface area contributed by atoms with Crippen molar-refractivity contribution in [2.75, 3.05) is 33.3 Å². The number of hydrogen-bond acceptors (Lipinski definition) is 4. The van der Waals surface area contributed by atoms with Crippen molar-refractivity contribution in [1.29, 1.82) is 0 Å². The smallest absolute Gasteiger partial charge is 0.138 e. The van der Waals surface area contributed by atoms with Gasteiger partial charge in [-0.05, 0) is 40.6 Å². The van der Waals surface area contributed by atoms with E-state index in [-0.39, 0.29) is 12.1 Å². The molecule has 0 spiro atoms. The second-order valence-corrected chi connectivity index (χ2v) is 10.9. The van der Waals surface area contributed by atoms with Crippen LogP contribution in [0, 0.1) is 0 Å². The summed E-state index contributed by atoms with van der Waals surface area (Å²) < 4.78 is 5.38. The van der Waals surface area contributed by atoms with Crippen molar-refractivity contribution in [1.82, 2.24) is 9.80 Å². The van der Waals surface area contributed by atoms with Crippen LogP contribution < -0.4 is 4.74 Å². The fourth-order valence-corrected chi connectivity index (χ4v) is 6.33. The molecule has 4 aromatic carbocycles. The van der Waals surface area contributed by atoms with Gasteiger partial charge in [0.2, 0.25) is 0 Å². The van der Waals surface area contributed by atoms with Crippen LogP contribution in [0.25, 0.3) is 10.8 Å². The number of ether oxygens (including phenoxy) is 1. The largest absolute Gasteiger partial charge is 0.495 e. The Bertz CT molecular complexity index is 1300. The number of methoxy groups -OCH3 is 1. The average molecular weight is 543 g/mol. The minimum absolute atomic E-state index is 0.0742. The van der Waals surface area contributed by atoms with E-state index in [9.17, 15) is 5.11 Å². The van der Waals surface area contributed by atoms with Crippen LogP contribution in [0.2, 0.25) is 5.02 Å². The number of hydrogen-bond donors (Lipinski definition) is 1. The van der Waals surface area contributed by atoms with Gasteiger partial charge in [-0.3, -0.25) is 9.80 Å². The second kappa shape index (κ2) is 13.0. The van der Waals surface area contributed by atoms with E-state index in [4.69, 9.17) is 16.3 Å². The molecule has 1 aliphatic heterocycles. The van der Waals surface area contributed by atoms with Crippen LogP contribution in [-0.2, 0) is 0 Å². The normalized spacial score (nSPS) is 16.4. The van der Waals surface area contributed by atoms with Gasteiger partial charge in [-0.1, -0.05) is 110 Å². The molecule has 1 heterocycles. The van der Waals surface area contributed by atoms with E-state index in [2.05, 4.69) is 83.5 Å². The number of fused-ring (bicyclic) bond motifs is 1. The highest BCUT2D eigenvalue weighted by Crippen LogP contribution is 2.36. The van der Waals surface area contributed by atoms with E-state index < -0.39 is 6.10 Å². The third kappa shape index (κ3) is 6.15. The minimum Gasteiger partial charge on any atom is -0.495 e. The van der Waals surface area contributed by atoms with Gasteiger partial charge in [-0.2, -0.15) is 0 Å². The van der Waals surface area contributed by atoms with Gasteiger partial charge in [-0.25, -0.2) is 0 Å². The molecule has 1 saturated heterocycles. The maximum Gasteiger partial charge on any atom is 0.138 e. The molecule has 0 aliphatic carbocycles. The molecular formula is C34H39ClN2O2. The molecule has 1 aliphatic rings. The Hall–Kier alpha value is -2.89. The molecule has 204 valence electrons. The van der Waals surface area contributed by atoms with Gasteiger partial charge < -0.3 is 9.84 Å². The molecule has 4 nitrogen and oxygen atoms in total. The monoisotopic (exact) mass is 542 g/mol. The lowest BCUT2D eigenvalue weighted by Gasteiger charge is -2.44. The van der Waals surface area contributed by atoms with Crippen molar-refractivity contribution in [3.8, 4) is 5.75 Å². The molecule has 0 aromatic heterocycles. The third-order valence-corrected chi connectivity index (χ3v) is 8.53. The van der Waals surface area contributed by atoms with Gasteiger partial charge in [-0.15, -0.1) is 0 Å². The summed E-state index contributed by atoms with van der Waals surface area (Å²) in [7, 11) is 1.63. The first-order valence-corrected chi connectivity index (χ1v) is 14.5. The minimum atomic E-state index is -0.563. The molecule has 0 amide bonds. The summed E-state index contributed by atoms with van der Waals surface area (Å²) in [5.74, 6) is 0.667. The molecule has 5 rings (SSSR count). The van der Waals surface area contributed by atoms with Crippen molar-refractivity contribution in [2.24, 2.45) is 0 Å². The molecule has 1 fully saturated rings. The first-order valence-electron chi connectivity index (χ1n) is 14.1. The molecule has 0 saturated carbocycles. The number of halogens is 1. The van der Waals surface area contributed by atoms with E-state index >= 15 is 0 Å². The van der Waals surface area contributed by atoms with Crippen LogP contribution in [0.15, 0.2) is 91.0 Å². The van der Waals surface area contributed by atoms with Crippen molar-refractivity contribution in [2.45, 2.75) is 44.4 Å². The van der Waals surface area contributed by atoms with Gasteiger partial charge in [0, 0.05) is 37.6 Å². The molecule has 1 N–H and O–H groups in total. The predicted octanol–water partition coefficient (Wildman–Crippen LogP) is 7.50. The highest BCUT2D eigenvalue weighted by molar-refractivity contribution is 6.37. The molecule has 5 heteroatoms. The highest BCUT2D eigenvalue weighted by atomic mass is 35.5. The summed E-state index contributed by atoms with van der Waals surface area (Å²) in [6.45, 7) is 5.99. The van der Waals surface area contributed by atoms with Crippen LogP contribution in [-0.4, -0.2) is 54.2 Å². The van der Waals surface area contributed by atoms with E-state index in [1.54, 1.807) is 7.11 Å². The van der Waals surface area contributed by atoms with E-state index in [0.717, 1.165) is 61.8 Å². The maximum atomic E-state index is 11.7. The summed E-state index contributed by atoms with van der Waals surface area (Å²) in [5, 5.41) is 14.3. The highest BCUT2D eigenvalue weighted by Gasteiger charge is 2.32. The fourth-order valence-electron chi connectivity index (χ4n) is 6.02. The summed E-state index contributed by atoms with van der Waals surface area (Å²) in [6.07, 6.45) is 2.61. The Morgan fingerprint density at radius 2 is 1.41 bits per heavy atom. The predicted molar refractivity (Wildman–Crippen MR) is 162 cm³/mol. The quantitative estimate of drug-likeness (QED) is 0.225.